The first-order chi connectivity index (χ1) is 12.7. The quantitative estimate of drug-likeness (QED) is 0.429. The van der Waals surface area contributed by atoms with Crippen molar-refractivity contribution in [2.45, 2.75) is 6.18 Å². The predicted octanol–water partition coefficient (Wildman–Crippen LogP) is 3.06. The SMILES string of the molecule is O=C(Nc1ccn(-c2c(F)cc(F)c[n+]2[O-])n1)c1ccccc1C(F)(F)F. The van der Waals surface area contributed by atoms with E-state index >= 15 is 0 Å². The van der Waals surface area contributed by atoms with Gasteiger partial charge in [-0.25, -0.2) is 9.12 Å². The van der Waals surface area contributed by atoms with Gasteiger partial charge in [-0.1, -0.05) is 21.9 Å². The van der Waals surface area contributed by atoms with Crippen molar-refractivity contribution in [2.75, 3.05) is 5.32 Å². The third-order valence-electron chi connectivity index (χ3n) is 3.45. The Labute approximate surface area is 148 Å². The summed E-state index contributed by atoms with van der Waals surface area (Å²) < 4.78 is 66.3. The van der Waals surface area contributed by atoms with E-state index in [9.17, 15) is 32.0 Å². The molecule has 3 rings (SSSR count). The summed E-state index contributed by atoms with van der Waals surface area (Å²) in [4.78, 5) is 12.2. The van der Waals surface area contributed by atoms with Crippen LogP contribution in [0.1, 0.15) is 15.9 Å². The summed E-state index contributed by atoms with van der Waals surface area (Å²) in [5.74, 6) is -4.32. The molecule has 27 heavy (non-hydrogen) atoms. The lowest BCUT2D eigenvalue weighted by Crippen LogP contribution is -2.34. The van der Waals surface area contributed by atoms with Crippen LogP contribution in [0.3, 0.4) is 0 Å². The average Bonchev–Trinajstić information content (AvgIpc) is 3.01. The smallest absolute Gasteiger partial charge is 0.417 e. The lowest BCUT2D eigenvalue weighted by molar-refractivity contribution is -0.603. The van der Waals surface area contributed by atoms with Crippen molar-refractivity contribution in [3.63, 3.8) is 0 Å². The number of benzene rings is 1. The van der Waals surface area contributed by atoms with Crippen LogP contribution in [0.4, 0.5) is 27.8 Å². The van der Waals surface area contributed by atoms with E-state index in [0.29, 0.717) is 16.9 Å². The summed E-state index contributed by atoms with van der Waals surface area (Å²) >= 11 is 0. The first-order valence-corrected chi connectivity index (χ1v) is 7.28. The molecule has 11 heteroatoms. The number of amides is 1. The van der Waals surface area contributed by atoms with Crippen molar-refractivity contribution >= 4 is 11.7 Å². The highest BCUT2D eigenvalue weighted by atomic mass is 19.4. The minimum atomic E-state index is -4.74. The van der Waals surface area contributed by atoms with Gasteiger partial charge in [-0.05, 0) is 12.1 Å². The van der Waals surface area contributed by atoms with E-state index in [1.54, 1.807) is 0 Å². The maximum atomic E-state index is 13.8. The number of pyridine rings is 1. The zero-order chi connectivity index (χ0) is 19.8. The molecule has 2 heterocycles. The van der Waals surface area contributed by atoms with Crippen molar-refractivity contribution in [3.05, 3.63) is 76.8 Å². The van der Waals surface area contributed by atoms with Gasteiger partial charge in [-0.2, -0.15) is 17.6 Å². The maximum absolute atomic E-state index is 13.8. The molecular formula is C16H9F5N4O2. The number of hydrogen-bond acceptors (Lipinski definition) is 3. The predicted molar refractivity (Wildman–Crippen MR) is 81.8 cm³/mol. The van der Waals surface area contributed by atoms with Crippen LogP contribution < -0.4 is 10.0 Å². The molecular weight excluding hydrogens is 375 g/mol. The van der Waals surface area contributed by atoms with Crippen LogP contribution >= 0.6 is 0 Å². The molecule has 1 amide bonds. The molecule has 0 unspecified atom stereocenters. The Morgan fingerprint density at radius 2 is 1.89 bits per heavy atom. The topological polar surface area (TPSA) is 73.9 Å². The number of rotatable bonds is 3. The monoisotopic (exact) mass is 384 g/mol. The number of hydrogen-bond donors (Lipinski definition) is 1. The molecule has 3 aromatic rings. The summed E-state index contributed by atoms with van der Waals surface area (Å²) in [6, 6.07) is 5.73. The van der Waals surface area contributed by atoms with E-state index in [-0.39, 0.29) is 10.5 Å². The Morgan fingerprint density at radius 3 is 2.56 bits per heavy atom. The number of carbonyl (C=O) groups is 1. The number of alkyl halides is 3. The molecule has 0 aliphatic rings. The summed E-state index contributed by atoms with van der Waals surface area (Å²) in [6.07, 6.45) is -3.19. The molecule has 0 saturated heterocycles. The molecule has 1 aromatic carbocycles. The van der Waals surface area contributed by atoms with Crippen LogP contribution in [0.5, 0.6) is 0 Å². The Kier molecular flexibility index (Phi) is 4.52. The molecule has 0 fully saturated rings. The van der Waals surface area contributed by atoms with Crippen LogP contribution in [0.25, 0.3) is 5.82 Å². The van der Waals surface area contributed by atoms with E-state index < -0.39 is 40.7 Å². The molecule has 0 aliphatic carbocycles. The van der Waals surface area contributed by atoms with Gasteiger partial charge in [-0.15, -0.1) is 0 Å². The molecule has 0 radical (unpaired) electrons. The van der Waals surface area contributed by atoms with E-state index in [4.69, 9.17) is 0 Å². The number of anilines is 1. The minimum absolute atomic E-state index is 0.109. The van der Waals surface area contributed by atoms with Crippen molar-refractivity contribution in [2.24, 2.45) is 0 Å². The van der Waals surface area contributed by atoms with Gasteiger partial charge in [0, 0.05) is 12.1 Å². The Balaban J connectivity index is 1.89. The van der Waals surface area contributed by atoms with Crippen LogP contribution in [-0.2, 0) is 6.18 Å². The normalized spacial score (nSPS) is 11.4. The van der Waals surface area contributed by atoms with E-state index in [1.807, 2.05) is 0 Å². The van der Waals surface area contributed by atoms with Crippen molar-refractivity contribution in [1.82, 2.24) is 9.78 Å². The van der Waals surface area contributed by atoms with Crippen molar-refractivity contribution in [3.8, 4) is 5.82 Å². The van der Waals surface area contributed by atoms with E-state index in [1.165, 1.54) is 6.07 Å². The third-order valence-corrected chi connectivity index (χ3v) is 3.45. The van der Waals surface area contributed by atoms with Crippen molar-refractivity contribution < 1.29 is 31.5 Å². The fraction of sp³-hybridized carbons (Fsp3) is 0.0625. The maximum Gasteiger partial charge on any atom is 0.417 e. The Bertz CT molecular complexity index is 993. The second-order valence-electron chi connectivity index (χ2n) is 5.30. The third kappa shape index (κ3) is 3.71. The molecule has 140 valence electrons. The first kappa shape index (κ1) is 18.3. The molecule has 1 N–H and O–H groups in total. The molecule has 0 aliphatic heterocycles. The number of aromatic nitrogens is 3. The molecule has 2 aromatic heterocycles. The minimum Gasteiger partial charge on any atom is -0.710 e. The Morgan fingerprint density at radius 1 is 1.19 bits per heavy atom. The van der Waals surface area contributed by atoms with Crippen LogP contribution in [0.15, 0.2) is 48.8 Å². The van der Waals surface area contributed by atoms with Gasteiger partial charge in [0.15, 0.2) is 11.6 Å². The summed E-state index contributed by atoms with van der Waals surface area (Å²) in [5.41, 5.74) is -1.77. The average molecular weight is 384 g/mol. The van der Waals surface area contributed by atoms with Gasteiger partial charge in [-0.3, -0.25) is 4.79 Å². The van der Waals surface area contributed by atoms with Crippen LogP contribution in [-0.4, -0.2) is 15.7 Å². The summed E-state index contributed by atoms with van der Waals surface area (Å²) in [5, 5.41) is 17.5. The molecule has 0 spiro atoms. The highest BCUT2D eigenvalue weighted by molar-refractivity contribution is 6.04. The second-order valence-corrected chi connectivity index (χ2v) is 5.30. The largest absolute Gasteiger partial charge is 0.710 e. The van der Waals surface area contributed by atoms with E-state index in [0.717, 1.165) is 30.5 Å². The van der Waals surface area contributed by atoms with Crippen LogP contribution in [0, 0.1) is 16.8 Å². The lowest BCUT2D eigenvalue weighted by atomic mass is 10.1. The second kappa shape index (κ2) is 6.67. The highest BCUT2D eigenvalue weighted by Gasteiger charge is 2.35. The fourth-order valence-corrected chi connectivity index (χ4v) is 2.33. The number of nitrogens with zero attached hydrogens (tertiary/aromatic N) is 3. The van der Waals surface area contributed by atoms with E-state index in [2.05, 4.69) is 10.4 Å². The number of nitrogens with one attached hydrogen (secondary N) is 1. The molecule has 0 atom stereocenters. The summed E-state index contributed by atoms with van der Waals surface area (Å²) in [7, 11) is 0. The van der Waals surface area contributed by atoms with Gasteiger partial charge in [0.05, 0.1) is 11.1 Å². The van der Waals surface area contributed by atoms with Gasteiger partial charge in [0.1, 0.15) is 12.4 Å². The van der Waals surface area contributed by atoms with Gasteiger partial charge in [0.25, 0.3) is 5.91 Å². The first-order valence-electron chi connectivity index (χ1n) is 7.28. The lowest BCUT2D eigenvalue weighted by Gasteiger charge is -2.11. The zero-order valence-corrected chi connectivity index (χ0v) is 13.2. The number of carbonyl (C=O) groups excluding carboxylic acids is 1. The Hall–Kier alpha value is -3.50. The van der Waals surface area contributed by atoms with Crippen LogP contribution in [0.2, 0.25) is 0 Å². The molecule has 0 saturated carbocycles. The zero-order valence-electron chi connectivity index (χ0n) is 13.2. The van der Waals surface area contributed by atoms with Gasteiger partial charge >= 0.3 is 12.0 Å². The van der Waals surface area contributed by atoms with Crippen molar-refractivity contribution in [1.29, 1.82) is 0 Å². The standard InChI is InChI=1S/C16H9F5N4O2/c17-9-7-12(18)15(25(27)8-9)24-6-5-13(23-24)22-14(26)10-3-1-2-4-11(10)16(19,20)21/h1-8H,(H,22,23,26). The van der Waals surface area contributed by atoms with Gasteiger partial charge < -0.3 is 10.5 Å². The summed E-state index contributed by atoms with van der Waals surface area (Å²) in [6.45, 7) is 0. The van der Waals surface area contributed by atoms with Gasteiger partial charge in [0.2, 0.25) is 5.82 Å². The fourth-order valence-electron chi connectivity index (χ4n) is 2.33. The number of halogens is 5. The highest BCUT2D eigenvalue weighted by Crippen LogP contribution is 2.32. The molecule has 6 nitrogen and oxygen atoms in total. The molecule has 0 bridgehead atoms.